The van der Waals surface area contributed by atoms with Gasteiger partial charge in [-0.1, -0.05) is 19.9 Å². The van der Waals surface area contributed by atoms with Crippen molar-refractivity contribution in [3.8, 4) is 0 Å². The van der Waals surface area contributed by atoms with Crippen LogP contribution in [0, 0.1) is 0 Å². The molecule has 1 rings (SSSR count). The van der Waals surface area contributed by atoms with Crippen LogP contribution in [0.4, 0.5) is 0 Å². The Morgan fingerprint density at radius 3 is 2.73 bits per heavy atom. The summed E-state index contributed by atoms with van der Waals surface area (Å²) in [5.74, 6) is 0. The van der Waals surface area contributed by atoms with Gasteiger partial charge in [-0.15, -0.1) is 23.7 Å². The zero-order valence-corrected chi connectivity index (χ0v) is 8.47. The molecule has 0 saturated heterocycles. The van der Waals surface area contributed by atoms with E-state index in [2.05, 4.69) is 36.7 Å². The third kappa shape index (κ3) is 4.40. The largest absolute Gasteiger partial charge is 0.310 e. The first-order chi connectivity index (χ1) is 4.79. The van der Waals surface area contributed by atoms with E-state index in [0.29, 0.717) is 6.04 Å². The number of halogens is 1. The van der Waals surface area contributed by atoms with Crippen LogP contribution in [-0.4, -0.2) is 6.04 Å². The summed E-state index contributed by atoms with van der Waals surface area (Å²) in [6.45, 7) is 5.33. The van der Waals surface area contributed by atoms with Crippen LogP contribution in [0.15, 0.2) is 17.5 Å². The second-order valence-corrected chi connectivity index (χ2v) is 3.65. The number of hydrogen-bond acceptors (Lipinski definition) is 2. The Morgan fingerprint density at radius 2 is 2.27 bits per heavy atom. The molecule has 64 valence electrons. The molecular weight excluding hydrogens is 178 g/mol. The summed E-state index contributed by atoms with van der Waals surface area (Å²) in [6.07, 6.45) is 0. The third-order valence-electron chi connectivity index (χ3n) is 1.26. The zero-order chi connectivity index (χ0) is 7.40. The Hall–Kier alpha value is -0.0500. The molecule has 0 radical (unpaired) electrons. The number of rotatable bonds is 3. The fraction of sp³-hybridized carbons (Fsp3) is 0.500. The fourth-order valence-electron chi connectivity index (χ4n) is 0.718. The highest BCUT2D eigenvalue weighted by atomic mass is 35.5. The van der Waals surface area contributed by atoms with Gasteiger partial charge < -0.3 is 5.32 Å². The SMILES string of the molecule is CC(C)NCc1cccs1.Cl. The maximum absolute atomic E-state index is 3.36. The smallest absolute Gasteiger partial charge is 0.0302 e. The van der Waals surface area contributed by atoms with Crippen LogP contribution < -0.4 is 5.32 Å². The minimum Gasteiger partial charge on any atom is -0.310 e. The third-order valence-corrected chi connectivity index (χ3v) is 2.14. The first-order valence-corrected chi connectivity index (χ1v) is 4.43. The van der Waals surface area contributed by atoms with Crippen LogP contribution in [-0.2, 0) is 6.54 Å². The molecule has 11 heavy (non-hydrogen) atoms. The molecule has 1 heterocycles. The normalized spacial score (nSPS) is 9.73. The van der Waals surface area contributed by atoms with E-state index in [1.807, 2.05) is 0 Å². The fourth-order valence-corrected chi connectivity index (χ4v) is 1.37. The summed E-state index contributed by atoms with van der Waals surface area (Å²) in [6, 6.07) is 4.82. The molecule has 1 aromatic rings. The number of thiophene rings is 1. The molecule has 0 saturated carbocycles. The molecule has 0 amide bonds. The van der Waals surface area contributed by atoms with Crippen LogP contribution in [0.3, 0.4) is 0 Å². The molecular formula is C8H14ClNS. The Labute approximate surface area is 78.2 Å². The van der Waals surface area contributed by atoms with E-state index < -0.39 is 0 Å². The minimum atomic E-state index is 0. The minimum absolute atomic E-state index is 0. The monoisotopic (exact) mass is 191 g/mol. The highest BCUT2D eigenvalue weighted by molar-refractivity contribution is 7.09. The van der Waals surface area contributed by atoms with Crippen LogP contribution in [0.25, 0.3) is 0 Å². The molecule has 1 nitrogen and oxygen atoms in total. The molecule has 0 aromatic carbocycles. The predicted molar refractivity (Wildman–Crippen MR) is 53.5 cm³/mol. The molecule has 0 spiro atoms. The predicted octanol–water partition coefficient (Wildman–Crippen LogP) is 2.67. The zero-order valence-electron chi connectivity index (χ0n) is 6.83. The molecule has 0 aliphatic heterocycles. The van der Waals surface area contributed by atoms with Gasteiger partial charge in [0.05, 0.1) is 0 Å². The van der Waals surface area contributed by atoms with E-state index in [4.69, 9.17) is 0 Å². The van der Waals surface area contributed by atoms with Crippen molar-refractivity contribution in [1.29, 1.82) is 0 Å². The van der Waals surface area contributed by atoms with Gasteiger partial charge in [0.1, 0.15) is 0 Å². The van der Waals surface area contributed by atoms with Gasteiger partial charge in [0, 0.05) is 17.5 Å². The summed E-state index contributed by atoms with van der Waals surface area (Å²) in [7, 11) is 0. The van der Waals surface area contributed by atoms with Crippen molar-refractivity contribution >= 4 is 23.7 Å². The van der Waals surface area contributed by atoms with Crippen molar-refractivity contribution in [1.82, 2.24) is 5.32 Å². The van der Waals surface area contributed by atoms with Gasteiger partial charge in [-0.2, -0.15) is 0 Å². The lowest BCUT2D eigenvalue weighted by Gasteiger charge is -2.04. The van der Waals surface area contributed by atoms with Gasteiger partial charge in [0.25, 0.3) is 0 Å². The summed E-state index contributed by atoms with van der Waals surface area (Å²) >= 11 is 1.80. The van der Waals surface area contributed by atoms with Gasteiger partial charge in [0.2, 0.25) is 0 Å². The van der Waals surface area contributed by atoms with Gasteiger partial charge in [-0.05, 0) is 11.4 Å². The quantitative estimate of drug-likeness (QED) is 0.775. The highest BCUT2D eigenvalue weighted by Crippen LogP contribution is 2.07. The molecule has 0 aliphatic carbocycles. The van der Waals surface area contributed by atoms with Crippen molar-refractivity contribution in [2.24, 2.45) is 0 Å². The molecule has 0 atom stereocenters. The molecule has 1 aromatic heterocycles. The van der Waals surface area contributed by atoms with E-state index in [1.165, 1.54) is 4.88 Å². The van der Waals surface area contributed by atoms with E-state index in [0.717, 1.165) is 6.54 Å². The van der Waals surface area contributed by atoms with E-state index in [-0.39, 0.29) is 12.4 Å². The standard InChI is InChI=1S/C8H13NS.ClH/c1-7(2)9-6-8-4-3-5-10-8;/h3-5,7,9H,6H2,1-2H3;1H. The maximum Gasteiger partial charge on any atom is 0.0302 e. The van der Waals surface area contributed by atoms with E-state index >= 15 is 0 Å². The Morgan fingerprint density at radius 1 is 1.55 bits per heavy atom. The molecule has 0 fully saturated rings. The van der Waals surface area contributed by atoms with Gasteiger partial charge in [-0.25, -0.2) is 0 Å². The average molecular weight is 192 g/mol. The van der Waals surface area contributed by atoms with Crippen molar-refractivity contribution < 1.29 is 0 Å². The Kier molecular flexibility index (Phi) is 5.56. The van der Waals surface area contributed by atoms with Crippen molar-refractivity contribution in [3.63, 3.8) is 0 Å². The molecule has 0 bridgehead atoms. The first kappa shape index (κ1) is 11.0. The molecule has 3 heteroatoms. The van der Waals surface area contributed by atoms with Crippen LogP contribution in [0.1, 0.15) is 18.7 Å². The summed E-state index contributed by atoms with van der Waals surface area (Å²) < 4.78 is 0. The van der Waals surface area contributed by atoms with Gasteiger partial charge in [-0.3, -0.25) is 0 Å². The molecule has 1 N–H and O–H groups in total. The van der Waals surface area contributed by atoms with E-state index in [9.17, 15) is 0 Å². The Bertz CT molecular complexity index is 172. The lowest BCUT2D eigenvalue weighted by atomic mass is 10.4. The van der Waals surface area contributed by atoms with Gasteiger partial charge in [0.15, 0.2) is 0 Å². The Balaban J connectivity index is 0.000001000. The molecule has 0 unspecified atom stereocenters. The summed E-state index contributed by atoms with van der Waals surface area (Å²) in [5, 5.41) is 5.47. The van der Waals surface area contributed by atoms with Crippen molar-refractivity contribution in [2.75, 3.05) is 0 Å². The van der Waals surface area contributed by atoms with Crippen molar-refractivity contribution in [3.05, 3.63) is 22.4 Å². The first-order valence-electron chi connectivity index (χ1n) is 3.55. The van der Waals surface area contributed by atoms with Crippen LogP contribution in [0.2, 0.25) is 0 Å². The van der Waals surface area contributed by atoms with E-state index in [1.54, 1.807) is 11.3 Å². The lowest BCUT2D eigenvalue weighted by molar-refractivity contribution is 0.593. The second-order valence-electron chi connectivity index (χ2n) is 2.61. The summed E-state index contributed by atoms with van der Waals surface area (Å²) in [4.78, 5) is 1.41. The summed E-state index contributed by atoms with van der Waals surface area (Å²) in [5.41, 5.74) is 0. The van der Waals surface area contributed by atoms with Crippen molar-refractivity contribution in [2.45, 2.75) is 26.4 Å². The topological polar surface area (TPSA) is 12.0 Å². The number of nitrogens with one attached hydrogen (secondary N) is 1. The average Bonchev–Trinajstić information content (AvgIpc) is 2.34. The maximum atomic E-state index is 3.36. The highest BCUT2D eigenvalue weighted by Gasteiger charge is 1.93. The molecule has 0 aliphatic rings. The van der Waals surface area contributed by atoms with Gasteiger partial charge >= 0.3 is 0 Å². The number of hydrogen-bond donors (Lipinski definition) is 1. The lowest BCUT2D eigenvalue weighted by Crippen LogP contribution is -2.21. The van der Waals surface area contributed by atoms with Crippen LogP contribution in [0.5, 0.6) is 0 Å². The van der Waals surface area contributed by atoms with Crippen LogP contribution >= 0.6 is 23.7 Å². The second kappa shape index (κ2) is 5.58.